The van der Waals surface area contributed by atoms with Crippen LogP contribution in [-0.4, -0.2) is 28.0 Å². The van der Waals surface area contributed by atoms with Crippen molar-refractivity contribution < 1.29 is 9.53 Å². The van der Waals surface area contributed by atoms with Crippen LogP contribution in [0.4, 0.5) is 16.2 Å². The number of anilines is 2. The molecule has 214 valence electrons. The van der Waals surface area contributed by atoms with Crippen molar-refractivity contribution in [1.82, 2.24) is 15.0 Å². The Morgan fingerprint density at radius 1 is 0.905 bits per heavy atom. The molecule has 8 nitrogen and oxygen atoms in total. The maximum atomic E-state index is 13.6. The number of urea groups is 1. The number of benzene rings is 2. The van der Waals surface area contributed by atoms with E-state index >= 15 is 0 Å². The number of aromatic nitrogens is 3. The Kier molecular flexibility index (Phi) is 8.33. The van der Waals surface area contributed by atoms with Gasteiger partial charge in [0.05, 0.1) is 0 Å². The predicted octanol–water partition coefficient (Wildman–Crippen LogP) is 7.48. The standard InChI is InChI=1S/C34H35N5O3/c1-21(2)28-17-26(24-8-6-10-27(16-24)42-20-23-11-14-35-15-12-23)18-29(22(3)4)31(28)37-34(41)39(5)30-19-25-9-7-13-36-32(25)38-33(30)40/h6-19,21-22H,20H2,1-5H3,(H,37,41)(H,36,38,40). The Balaban J connectivity index is 1.46. The summed E-state index contributed by atoms with van der Waals surface area (Å²) in [6, 6.07) is 21.1. The van der Waals surface area contributed by atoms with Crippen LogP contribution < -0.4 is 20.5 Å². The highest BCUT2D eigenvalue weighted by Crippen LogP contribution is 2.38. The third kappa shape index (κ3) is 6.17. The number of nitrogens with zero attached hydrogens (tertiary/aromatic N) is 3. The van der Waals surface area contributed by atoms with Crippen LogP contribution in [0.3, 0.4) is 0 Å². The molecule has 0 radical (unpaired) electrons. The molecule has 0 aliphatic rings. The number of fused-ring (bicyclic) bond motifs is 1. The number of rotatable bonds is 8. The molecule has 0 spiro atoms. The summed E-state index contributed by atoms with van der Waals surface area (Å²) in [5, 5.41) is 3.88. The summed E-state index contributed by atoms with van der Waals surface area (Å²) in [5.41, 5.74) is 6.25. The van der Waals surface area contributed by atoms with Crippen LogP contribution in [0.5, 0.6) is 5.75 Å². The van der Waals surface area contributed by atoms with Crippen molar-refractivity contribution in [2.75, 3.05) is 17.3 Å². The average Bonchev–Trinajstić information content (AvgIpc) is 2.99. The van der Waals surface area contributed by atoms with E-state index in [-0.39, 0.29) is 23.1 Å². The number of pyridine rings is 3. The van der Waals surface area contributed by atoms with Crippen LogP contribution in [0.15, 0.2) is 90.1 Å². The first-order valence-corrected chi connectivity index (χ1v) is 14.0. The molecule has 3 aromatic heterocycles. The van der Waals surface area contributed by atoms with Gasteiger partial charge in [-0.1, -0.05) is 39.8 Å². The number of carbonyl (C=O) groups is 1. The molecule has 0 saturated carbocycles. The van der Waals surface area contributed by atoms with Gasteiger partial charge in [0.25, 0.3) is 5.56 Å². The van der Waals surface area contributed by atoms with Gasteiger partial charge in [-0.15, -0.1) is 0 Å². The summed E-state index contributed by atoms with van der Waals surface area (Å²) in [4.78, 5) is 38.7. The van der Waals surface area contributed by atoms with Gasteiger partial charge in [-0.25, -0.2) is 9.78 Å². The van der Waals surface area contributed by atoms with Crippen LogP contribution in [0.2, 0.25) is 0 Å². The van der Waals surface area contributed by atoms with Gasteiger partial charge in [0.15, 0.2) is 0 Å². The minimum absolute atomic E-state index is 0.129. The first-order chi connectivity index (χ1) is 20.2. The molecular weight excluding hydrogens is 526 g/mol. The second-order valence-electron chi connectivity index (χ2n) is 10.9. The highest BCUT2D eigenvalue weighted by atomic mass is 16.5. The third-order valence-electron chi connectivity index (χ3n) is 7.26. The lowest BCUT2D eigenvalue weighted by atomic mass is 9.88. The maximum absolute atomic E-state index is 13.6. The fourth-order valence-electron chi connectivity index (χ4n) is 4.89. The number of aromatic amines is 1. The quantitative estimate of drug-likeness (QED) is 0.205. The largest absolute Gasteiger partial charge is 0.489 e. The third-order valence-corrected chi connectivity index (χ3v) is 7.26. The fourth-order valence-corrected chi connectivity index (χ4v) is 4.89. The number of carbonyl (C=O) groups excluding carboxylic acids is 1. The van der Waals surface area contributed by atoms with Gasteiger partial charge in [-0.05, 0) is 94.3 Å². The van der Waals surface area contributed by atoms with E-state index < -0.39 is 6.03 Å². The molecule has 0 bridgehead atoms. The molecule has 2 N–H and O–H groups in total. The average molecular weight is 562 g/mol. The van der Waals surface area contributed by atoms with Gasteiger partial charge in [0.1, 0.15) is 23.7 Å². The number of nitrogens with one attached hydrogen (secondary N) is 2. The topological polar surface area (TPSA) is 100 Å². The van der Waals surface area contributed by atoms with Crippen LogP contribution in [-0.2, 0) is 6.61 Å². The summed E-state index contributed by atoms with van der Waals surface area (Å²) in [5.74, 6) is 1.03. The van der Waals surface area contributed by atoms with E-state index in [1.165, 1.54) is 4.90 Å². The van der Waals surface area contributed by atoms with Gasteiger partial charge in [0.2, 0.25) is 0 Å². The molecule has 5 rings (SSSR count). The van der Waals surface area contributed by atoms with Gasteiger partial charge in [-0.3, -0.25) is 14.7 Å². The van der Waals surface area contributed by atoms with E-state index in [2.05, 4.69) is 66.2 Å². The molecule has 0 aliphatic carbocycles. The van der Waals surface area contributed by atoms with Gasteiger partial charge in [-0.2, -0.15) is 0 Å². The van der Waals surface area contributed by atoms with E-state index in [0.29, 0.717) is 12.3 Å². The normalized spacial score (nSPS) is 11.2. The van der Waals surface area contributed by atoms with Gasteiger partial charge >= 0.3 is 6.03 Å². The summed E-state index contributed by atoms with van der Waals surface area (Å²) in [7, 11) is 1.60. The number of hydrogen-bond donors (Lipinski definition) is 2. The summed E-state index contributed by atoms with van der Waals surface area (Å²) >= 11 is 0. The fraction of sp³-hybridized carbons (Fsp3) is 0.235. The van der Waals surface area contributed by atoms with E-state index in [1.807, 2.05) is 36.4 Å². The lowest BCUT2D eigenvalue weighted by molar-refractivity contribution is 0.258. The second-order valence-corrected chi connectivity index (χ2v) is 10.9. The van der Waals surface area contributed by atoms with Crippen molar-refractivity contribution in [2.45, 2.75) is 46.1 Å². The minimum Gasteiger partial charge on any atom is -0.489 e. The van der Waals surface area contributed by atoms with Crippen molar-refractivity contribution >= 4 is 28.4 Å². The summed E-state index contributed by atoms with van der Waals surface area (Å²) in [6.07, 6.45) is 5.13. The Labute approximate surface area is 245 Å². The molecule has 0 unspecified atom stereocenters. The molecule has 5 aromatic rings. The Morgan fingerprint density at radius 2 is 1.62 bits per heavy atom. The van der Waals surface area contributed by atoms with Crippen molar-refractivity contribution in [3.63, 3.8) is 0 Å². The Bertz CT molecular complexity index is 1750. The molecule has 0 saturated heterocycles. The van der Waals surface area contributed by atoms with Crippen LogP contribution in [0.1, 0.15) is 56.2 Å². The van der Waals surface area contributed by atoms with E-state index in [1.54, 1.807) is 37.8 Å². The highest BCUT2D eigenvalue weighted by Gasteiger charge is 2.22. The first kappa shape index (κ1) is 28.5. The predicted molar refractivity (Wildman–Crippen MR) is 168 cm³/mol. The molecular formula is C34H35N5O3. The molecule has 0 atom stereocenters. The summed E-state index contributed by atoms with van der Waals surface area (Å²) < 4.78 is 6.07. The Morgan fingerprint density at radius 3 is 2.31 bits per heavy atom. The molecule has 0 aliphatic heterocycles. The van der Waals surface area contributed by atoms with E-state index in [9.17, 15) is 9.59 Å². The monoisotopic (exact) mass is 561 g/mol. The van der Waals surface area contributed by atoms with Gasteiger partial charge in [0, 0.05) is 36.7 Å². The van der Waals surface area contributed by atoms with Crippen molar-refractivity contribution in [3.8, 4) is 16.9 Å². The smallest absolute Gasteiger partial charge is 0.326 e. The lowest BCUT2D eigenvalue weighted by Crippen LogP contribution is -2.35. The SMILES string of the molecule is CC(C)c1cc(-c2cccc(OCc3ccncc3)c2)cc(C(C)C)c1NC(=O)N(C)c1cc2cccnc2[nH]c1=O. The van der Waals surface area contributed by atoms with Crippen LogP contribution >= 0.6 is 0 Å². The molecule has 2 aromatic carbocycles. The zero-order chi connectivity index (χ0) is 29.8. The van der Waals surface area contributed by atoms with Crippen molar-refractivity contribution in [1.29, 1.82) is 0 Å². The molecule has 8 heteroatoms. The maximum Gasteiger partial charge on any atom is 0.326 e. The minimum atomic E-state index is -0.396. The number of hydrogen-bond acceptors (Lipinski definition) is 5. The van der Waals surface area contributed by atoms with Crippen molar-refractivity contribution in [2.24, 2.45) is 0 Å². The molecule has 2 amide bonds. The first-order valence-electron chi connectivity index (χ1n) is 14.0. The lowest BCUT2D eigenvalue weighted by Gasteiger charge is -2.25. The molecule has 42 heavy (non-hydrogen) atoms. The second kappa shape index (κ2) is 12.3. The Hall–Kier alpha value is -4.98. The van der Waals surface area contributed by atoms with Crippen LogP contribution in [0, 0.1) is 0 Å². The molecule has 3 heterocycles. The zero-order valence-electron chi connectivity index (χ0n) is 24.5. The van der Waals surface area contributed by atoms with E-state index in [0.717, 1.165) is 44.6 Å². The highest BCUT2D eigenvalue weighted by molar-refractivity contribution is 6.03. The molecule has 0 fully saturated rings. The van der Waals surface area contributed by atoms with Crippen LogP contribution in [0.25, 0.3) is 22.2 Å². The summed E-state index contributed by atoms with van der Waals surface area (Å²) in [6.45, 7) is 8.89. The van der Waals surface area contributed by atoms with Crippen molar-refractivity contribution in [3.05, 3.63) is 112 Å². The zero-order valence-corrected chi connectivity index (χ0v) is 24.5. The number of H-pyrrole nitrogens is 1. The van der Waals surface area contributed by atoms with E-state index in [4.69, 9.17) is 4.74 Å². The van der Waals surface area contributed by atoms with Gasteiger partial charge < -0.3 is 15.0 Å². The number of amides is 2. The number of ether oxygens (including phenoxy) is 1.